The van der Waals surface area contributed by atoms with Crippen molar-refractivity contribution in [1.29, 1.82) is 0 Å². The average Bonchev–Trinajstić information content (AvgIpc) is 3.54. The summed E-state index contributed by atoms with van der Waals surface area (Å²) in [5, 5.41) is 22.8. The molecule has 5 rings (SSSR count). The number of aliphatic hydroxyl groups excluding tert-OH is 2. The summed E-state index contributed by atoms with van der Waals surface area (Å²) >= 11 is 0. The van der Waals surface area contributed by atoms with Crippen LogP contribution in [0.4, 0.5) is 0 Å². The number of rotatable bonds is 2. The number of hydrogen-bond donors (Lipinski definition) is 2. The SMILES string of the molecule is O[C@@H]1[C@@H]2OC(C3CCCCCCCCCCC3)O[C@@H]2[C@@H](O)C2OC(C3CCCCCCCCCCC3)O[C@H]21. The van der Waals surface area contributed by atoms with Gasteiger partial charge in [0.2, 0.25) is 0 Å². The van der Waals surface area contributed by atoms with Gasteiger partial charge < -0.3 is 29.2 Å². The first kappa shape index (κ1) is 29.3. The van der Waals surface area contributed by atoms with E-state index in [1.165, 1.54) is 116 Å². The molecule has 2 N–H and O–H groups in total. The van der Waals surface area contributed by atoms with Gasteiger partial charge in [-0.15, -0.1) is 0 Å². The van der Waals surface area contributed by atoms with Gasteiger partial charge in [0.1, 0.15) is 36.6 Å². The lowest BCUT2D eigenvalue weighted by molar-refractivity contribution is -0.152. The van der Waals surface area contributed by atoms with Gasteiger partial charge in [0.05, 0.1) is 0 Å². The molecular weight excluding hydrogens is 480 g/mol. The second-order valence-corrected chi connectivity index (χ2v) is 13.2. The molecule has 6 heteroatoms. The number of ether oxygens (including phenoxy) is 4. The Balaban J connectivity index is 1.18. The molecule has 3 aliphatic carbocycles. The molecule has 220 valence electrons. The molecule has 0 aromatic carbocycles. The van der Waals surface area contributed by atoms with Crippen molar-refractivity contribution in [2.45, 2.75) is 190 Å². The van der Waals surface area contributed by atoms with Gasteiger partial charge >= 0.3 is 0 Å². The highest BCUT2D eigenvalue weighted by Crippen LogP contribution is 2.44. The normalized spacial score (nSPS) is 42.2. The predicted octanol–water partition coefficient (Wildman–Crippen LogP) is 6.78. The van der Waals surface area contributed by atoms with Gasteiger partial charge in [-0.3, -0.25) is 0 Å². The summed E-state index contributed by atoms with van der Waals surface area (Å²) in [5.74, 6) is 0.648. The van der Waals surface area contributed by atoms with E-state index in [-0.39, 0.29) is 12.6 Å². The smallest absolute Gasteiger partial charge is 0.161 e. The minimum Gasteiger partial charge on any atom is -0.387 e. The molecule has 8 atom stereocenters. The zero-order valence-corrected chi connectivity index (χ0v) is 23.9. The molecule has 5 fully saturated rings. The molecular formula is C32H56O6. The fourth-order valence-electron chi connectivity index (χ4n) is 7.85. The number of fused-ring (bicyclic) bond motifs is 2. The lowest BCUT2D eigenvalue weighted by atomic mass is 9.85. The van der Waals surface area contributed by atoms with Crippen molar-refractivity contribution in [3.8, 4) is 0 Å². The minimum absolute atomic E-state index is 0.324. The third kappa shape index (κ3) is 7.53. The topological polar surface area (TPSA) is 77.4 Å². The molecule has 3 unspecified atom stereocenters. The largest absolute Gasteiger partial charge is 0.387 e. The maximum Gasteiger partial charge on any atom is 0.161 e. The lowest BCUT2D eigenvalue weighted by Crippen LogP contribution is -2.61. The first-order valence-corrected chi connectivity index (χ1v) is 16.7. The maximum absolute atomic E-state index is 11.4. The van der Waals surface area contributed by atoms with Gasteiger partial charge in [-0.25, -0.2) is 0 Å². The standard InChI is InChI=1S/C32H56O6/c33-25-27-28(36-31(35-27)23-19-15-11-7-3-1-4-8-12-16-20-23)26(34)30-29(25)37-32(38-30)24-21-17-13-9-5-2-6-10-14-18-22-24/h23-34H,1-22H2/t25-,26-,27-,28+,29?,30+,31?,32?/m1/s1. The van der Waals surface area contributed by atoms with E-state index in [1.807, 2.05) is 0 Å². The molecule has 6 nitrogen and oxygen atoms in total. The van der Waals surface area contributed by atoms with Crippen molar-refractivity contribution in [2.75, 3.05) is 0 Å². The van der Waals surface area contributed by atoms with E-state index in [2.05, 4.69) is 0 Å². The molecule has 2 heterocycles. The fraction of sp³-hybridized carbons (Fsp3) is 1.00. The Labute approximate surface area is 231 Å². The monoisotopic (exact) mass is 536 g/mol. The second-order valence-electron chi connectivity index (χ2n) is 13.2. The van der Waals surface area contributed by atoms with Crippen molar-refractivity contribution in [3.05, 3.63) is 0 Å². The molecule has 2 aliphatic heterocycles. The van der Waals surface area contributed by atoms with Crippen LogP contribution in [0.2, 0.25) is 0 Å². The van der Waals surface area contributed by atoms with Crippen molar-refractivity contribution in [1.82, 2.24) is 0 Å². The van der Waals surface area contributed by atoms with Gasteiger partial charge in [0.25, 0.3) is 0 Å². The highest BCUT2D eigenvalue weighted by atomic mass is 16.8. The summed E-state index contributed by atoms with van der Waals surface area (Å²) in [6.45, 7) is 0. The highest BCUT2D eigenvalue weighted by molar-refractivity contribution is 5.06. The molecule has 0 aromatic rings. The molecule has 0 amide bonds. The van der Waals surface area contributed by atoms with Crippen LogP contribution in [0, 0.1) is 11.8 Å². The summed E-state index contributed by atoms with van der Waals surface area (Å²) in [6.07, 6.45) is 23.2. The molecule has 0 radical (unpaired) electrons. The second kappa shape index (κ2) is 15.1. The summed E-state index contributed by atoms with van der Waals surface area (Å²) in [5.41, 5.74) is 0. The third-order valence-electron chi connectivity index (χ3n) is 10.2. The van der Waals surface area contributed by atoms with Crippen LogP contribution < -0.4 is 0 Å². The summed E-state index contributed by atoms with van der Waals surface area (Å²) in [7, 11) is 0. The van der Waals surface area contributed by atoms with Crippen LogP contribution in [0.3, 0.4) is 0 Å². The maximum atomic E-state index is 11.4. The quantitative estimate of drug-likeness (QED) is 0.405. The Hall–Kier alpha value is -0.240. The Morgan fingerprint density at radius 3 is 0.763 bits per heavy atom. The average molecular weight is 537 g/mol. The van der Waals surface area contributed by atoms with Crippen LogP contribution in [-0.2, 0) is 18.9 Å². The van der Waals surface area contributed by atoms with E-state index >= 15 is 0 Å². The van der Waals surface area contributed by atoms with Crippen molar-refractivity contribution in [3.63, 3.8) is 0 Å². The van der Waals surface area contributed by atoms with E-state index in [4.69, 9.17) is 18.9 Å². The van der Waals surface area contributed by atoms with Gasteiger partial charge in [-0.05, 0) is 25.7 Å². The van der Waals surface area contributed by atoms with E-state index in [0.29, 0.717) is 11.8 Å². The van der Waals surface area contributed by atoms with Crippen molar-refractivity contribution in [2.24, 2.45) is 11.8 Å². The Morgan fingerprint density at radius 1 is 0.316 bits per heavy atom. The molecule has 0 spiro atoms. The van der Waals surface area contributed by atoms with E-state index in [1.54, 1.807) is 0 Å². The first-order chi connectivity index (χ1) is 18.7. The number of aliphatic hydroxyl groups is 2. The lowest BCUT2D eigenvalue weighted by Gasteiger charge is -2.38. The Kier molecular flexibility index (Phi) is 11.6. The third-order valence-corrected chi connectivity index (χ3v) is 10.2. The van der Waals surface area contributed by atoms with Crippen molar-refractivity contribution < 1.29 is 29.2 Å². The summed E-state index contributed by atoms with van der Waals surface area (Å²) in [4.78, 5) is 0. The summed E-state index contributed by atoms with van der Waals surface area (Å²) < 4.78 is 25.7. The van der Waals surface area contributed by atoms with Crippen LogP contribution >= 0.6 is 0 Å². The minimum atomic E-state index is -0.833. The van der Waals surface area contributed by atoms with Crippen LogP contribution in [0.15, 0.2) is 0 Å². The Morgan fingerprint density at radius 2 is 0.526 bits per heavy atom. The number of hydrogen-bond acceptors (Lipinski definition) is 6. The molecule has 2 saturated heterocycles. The van der Waals surface area contributed by atoms with Gasteiger partial charge in [0, 0.05) is 11.8 Å². The molecule has 3 saturated carbocycles. The zero-order valence-electron chi connectivity index (χ0n) is 23.9. The van der Waals surface area contributed by atoms with Gasteiger partial charge in [-0.1, -0.05) is 116 Å². The van der Waals surface area contributed by atoms with Crippen molar-refractivity contribution >= 4 is 0 Å². The van der Waals surface area contributed by atoms with E-state index < -0.39 is 36.6 Å². The first-order valence-electron chi connectivity index (χ1n) is 16.7. The summed E-state index contributed by atoms with van der Waals surface area (Å²) in [6, 6.07) is 0. The molecule has 38 heavy (non-hydrogen) atoms. The van der Waals surface area contributed by atoms with Crippen LogP contribution in [0.25, 0.3) is 0 Å². The van der Waals surface area contributed by atoms with Crippen LogP contribution in [0.1, 0.15) is 141 Å². The fourth-order valence-corrected chi connectivity index (χ4v) is 7.85. The predicted molar refractivity (Wildman–Crippen MR) is 148 cm³/mol. The van der Waals surface area contributed by atoms with Crippen LogP contribution in [-0.4, -0.2) is 59.4 Å². The molecule has 0 aromatic heterocycles. The van der Waals surface area contributed by atoms with Gasteiger partial charge in [0.15, 0.2) is 12.6 Å². The Bertz CT molecular complexity index is 570. The van der Waals surface area contributed by atoms with Gasteiger partial charge in [-0.2, -0.15) is 0 Å². The molecule has 5 aliphatic rings. The zero-order chi connectivity index (χ0) is 26.2. The highest BCUT2D eigenvalue weighted by Gasteiger charge is 2.61. The van der Waals surface area contributed by atoms with E-state index in [9.17, 15) is 10.2 Å². The van der Waals surface area contributed by atoms with Crippen LogP contribution in [0.5, 0.6) is 0 Å². The molecule has 0 bridgehead atoms. The van der Waals surface area contributed by atoms with E-state index in [0.717, 1.165) is 25.7 Å².